The Hall–Kier alpha value is -3.73. The van der Waals surface area contributed by atoms with E-state index in [1.54, 1.807) is 28.9 Å². The van der Waals surface area contributed by atoms with Crippen LogP contribution >= 0.6 is 0 Å². The summed E-state index contributed by atoms with van der Waals surface area (Å²) in [6, 6.07) is 27.3. The Morgan fingerprint density at radius 3 is 2.07 bits per heavy atom. The summed E-state index contributed by atoms with van der Waals surface area (Å²) in [5, 5.41) is 2.90. The van der Waals surface area contributed by atoms with Gasteiger partial charge in [0.2, 0.25) is 12.3 Å². The molecular weight excluding hydrogens is 350 g/mol. The van der Waals surface area contributed by atoms with Gasteiger partial charge in [-0.3, -0.25) is 9.59 Å². The minimum absolute atomic E-state index is 0.245. The van der Waals surface area contributed by atoms with E-state index < -0.39 is 6.04 Å². The quantitative estimate of drug-likeness (QED) is 0.694. The van der Waals surface area contributed by atoms with Crippen LogP contribution in [0.4, 0.5) is 0 Å². The van der Waals surface area contributed by atoms with Gasteiger partial charge in [-0.05, 0) is 24.3 Å². The summed E-state index contributed by atoms with van der Waals surface area (Å²) >= 11 is 0. The van der Waals surface area contributed by atoms with Crippen molar-refractivity contribution in [3.8, 4) is 0 Å². The number of carbonyl (C=O) groups excluding carboxylic acids is 2. The first-order chi connectivity index (χ1) is 13.7. The molecular formula is C23H20N3O2+. The van der Waals surface area contributed by atoms with E-state index in [4.69, 9.17) is 0 Å². The van der Waals surface area contributed by atoms with Crippen LogP contribution in [0.15, 0.2) is 91.0 Å². The van der Waals surface area contributed by atoms with Gasteiger partial charge in [-0.1, -0.05) is 66.7 Å². The summed E-state index contributed by atoms with van der Waals surface area (Å²) in [6.45, 7) is 0. The molecule has 2 atom stereocenters. The smallest absolute Gasteiger partial charge is 0.304 e. The van der Waals surface area contributed by atoms with Crippen molar-refractivity contribution in [3.63, 3.8) is 0 Å². The van der Waals surface area contributed by atoms with Crippen LogP contribution in [0.3, 0.4) is 0 Å². The van der Waals surface area contributed by atoms with Crippen molar-refractivity contribution in [2.45, 2.75) is 12.1 Å². The van der Waals surface area contributed by atoms with Gasteiger partial charge in [0.15, 0.2) is 6.04 Å². The predicted molar refractivity (Wildman–Crippen MR) is 107 cm³/mol. The largest absolute Gasteiger partial charge is 0.334 e. The van der Waals surface area contributed by atoms with Gasteiger partial charge >= 0.3 is 5.91 Å². The highest BCUT2D eigenvalue weighted by atomic mass is 16.2. The molecule has 0 aromatic heterocycles. The Morgan fingerprint density at radius 2 is 1.43 bits per heavy atom. The van der Waals surface area contributed by atoms with Crippen LogP contribution in [-0.4, -0.2) is 28.8 Å². The standard InChI is InChI=1S/C23H19N3O2/c27-22(19-14-8-3-9-15-19)24-20-21(18-12-6-2-7-13-18)26(25-23(20)28)16-17-10-4-1-5-11-17/h1-16,20-21H,(H-,24,25,27,28)/p+1/b26-16-/t20-,21-/m1/s1. The van der Waals surface area contributed by atoms with E-state index in [1.807, 2.05) is 72.9 Å². The molecule has 138 valence electrons. The number of nitrogens with one attached hydrogen (secondary N) is 2. The van der Waals surface area contributed by atoms with Gasteiger partial charge in [0, 0.05) is 16.7 Å². The molecule has 4 rings (SSSR count). The fourth-order valence-corrected chi connectivity index (χ4v) is 3.34. The molecule has 28 heavy (non-hydrogen) atoms. The summed E-state index contributed by atoms with van der Waals surface area (Å²) < 4.78 is 1.77. The molecule has 0 bridgehead atoms. The van der Waals surface area contributed by atoms with Crippen LogP contribution in [0.25, 0.3) is 0 Å². The normalized spacial score (nSPS) is 20.0. The lowest BCUT2D eigenvalue weighted by atomic mass is 10.00. The van der Waals surface area contributed by atoms with Crippen molar-refractivity contribution in [1.82, 2.24) is 10.7 Å². The van der Waals surface area contributed by atoms with E-state index in [9.17, 15) is 9.59 Å². The molecule has 3 aromatic carbocycles. The number of carbonyl (C=O) groups is 2. The van der Waals surface area contributed by atoms with Gasteiger partial charge in [-0.15, -0.1) is 10.1 Å². The van der Waals surface area contributed by atoms with E-state index in [0.29, 0.717) is 5.56 Å². The minimum atomic E-state index is -0.713. The molecule has 0 unspecified atom stereocenters. The fourth-order valence-electron chi connectivity index (χ4n) is 3.34. The first kappa shape index (κ1) is 17.7. The van der Waals surface area contributed by atoms with Crippen molar-refractivity contribution < 1.29 is 14.3 Å². The van der Waals surface area contributed by atoms with Crippen molar-refractivity contribution >= 4 is 18.0 Å². The number of hydrogen-bond donors (Lipinski definition) is 2. The number of amides is 2. The molecule has 0 aliphatic carbocycles. The van der Waals surface area contributed by atoms with Gasteiger partial charge in [0.1, 0.15) is 0 Å². The van der Waals surface area contributed by atoms with Crippen LogP contribution in [0.1, 0.15) is 27.5 Å². The van der Waals surface area contributed by atoms with Gasteiger partial charge in [-0.2, -0.15) is 0 Å². The maximum Gasteiger partial charge on any atom is 0.304 e. The number of hydrogen-bond acceptors (Lipinski definition) is 2. The average Bonchev–Trinajstić information content (AvgIpc) is 3.04. The maximum atomic E-state index is 12.7. The lowest BCUT2D eigenvalue weighted by molar-refractivity contribution is -0.596. The van der Waals surface area contributed by atoms with E-state index >= 15 is 0 Å². The summed E-state index contributed by atoms with van der Waals surface area (Å²) in [5.41, 5.74) is 5.30. The molecule has 0 spiro atoms. The van der Waals surface area contributed by atoms with Crippen LogP contribution < -0.4 is 10.7 Å². The van der Waals surface area contributed by atoms with Crippen LogP contribution in [0, 0.1) is 0 Å². The van der Waals surface area contributed by atoms with Gasteiger partial charge in [0.25, 0.3) is 5.91 Å². The fraction of sp³-hybridized carbons (Fsp3) is 0.0870. The van der Waals surface area contributed by atoms with Crippen molar-refractivity contribution in [2.24, 2.45) is 0 Å². The van der Waals surface area contributed by atoms with Crippen LogP contribution in [0.2, 0.25) is 0 Å². The van der Waals surface area contributed by atoms with Gasteiger partial charge in [0.05, 0.1) is 0 Å². The Morgan fingerprint density at radius 1 is 0.857 bits per heavy atom. The zero-order valence-corrected chi connectivity index (χ0v) is 15.2. The molecule has 0 saturated carbocycles. The summed E-state index contributed by atoms with van der Waals surface area (Å²) in [5.74, 6) is -0.520. The van der Waals surface area contributed by atoms with Crippen molar-refractivity contribution in [3.05, 3.63) is 108 Å². The Kier molecular flexibility index (Phi) is 4.97. The third-order valence-corrected chi connectivity index (χ3v) is 4.69. The molecule has 0 radical (unpaired) electrons. The zero-order chi connectivity index (χ0) is 19.3. The SMILES string of the molecule is O=C(N[C@H]1C(=O)N/[N+](=C\c2ccccc2)[C@@H]1c1ccccc1)c1ccccc1. The average molecular weight is 370 g/mol. The first-order valence-corrected chi connectivity index (χ1v) is 9.12. The number of hydrazine groups is 1. The lowest BCUT2D eigenvalue weighted by Gasteiger charge is -2.14. The molecule has 5 heteroatoms. The maximum absolute atomic E-state index is 12.7. The van der Waals surface area contributed by atoms with Gasteiger partial charge in [-0.25, -0.2) is 0 Å². The molecule has 2 N–H and O–H groups in total. The van der Waals surface area contributed by atoms with E-state index in [-0.39, 0.29) is 17.9 Å². The number of benzene rings is 3. The second kappa shape index (κ2) is 7.88. The summed E-state index contributed by atoms with van der Waals surface area (Å²) in [6.07, 6.45) is 1.88. The number of nitrogens with zero attached hydrogens (tertiary/aromatic N) is 1. The minimum Gasteiger partial charge on any atom is -0.334 e. The van der Waals surface area contributed by atoms with Crippen molar-refractivity contribution in [1.29, 1.82) is 0 Å². The first-order valence-electron chi connectivity index (χ1n) is 9.12. The number of hydrazone groups is 1. The predicted octanol–water partition coefficient (Wildman–Crippen LogP) is 2.70. The molecule has 1 heterocycles. The lowest BCUT2D eigenvalue weighted by Crippen LogP contribution is -2.42. The molecule has 5 nitrogen and oxygen atoms in total. The number of rotatable bonds is 4. The molecule has 1 fully saturated rings. The molecule has 3 aromatic rings. The van der Waals surface area contributed by atoms with E-state index in [1.165, 1.54) is 0 Å². The van der Waals surface area contributed by atoms with Gasteiger partial charge < -0.3 is 5.32 Å². The van der Waals surface area contributed by atoms with E-state index in [0.717, 1.165) is 11.1 Å². The molecule has 2 amide bonds. The Labute approximate surface area is 163 Å². The topological polar surface area (TPSA) is 61.2 Å². The third kappa shape index (κ3) is 3.69. The third-order valence-electron chi connectivity index (χ3n) is 4.69. The zero-order valence-electron chi connectivity index (χ0n) is 15.2. The van der Waals surface area contributed by atoms with Crippen molar-refractivity contribution in [2.75, 3.05) is 0 Å². The highest BCUT2D eigenvalue weighted by molar-refractivity contribution is 5.98. The second-order valence-electron chi connectivity index (χ2n) is 6.60. The highest BCUT2D eigenvalue weighted by Crippen LogP contribution is 2.25. The summed E-state index contributed by atoms with van der Waals surface area (Å²) in [7, 11) is 0. The molecule has 1 saturated heterocycles. The summed E-state index contributed by atoms with van der Waals surface area (Å²) in [4.78, 5) is 25.4. The second-order valence-corrected chi connectivity index (χ2v) is 6.60. The Bertz CT molecular complexity index is 1000. The molecule has 1 aliphatic heterocycles. The molecule has 1 aliphatic rings. The van der Waals surface area contributed by atoms with E-state index in [2.05, 4.69) is 10.7 Å². The highest BCUT2D eigenvalue weighted by Gasteiger charge is 2.47. The van der Waals surface area contributed by atoms with Crippen LogP contribution in [0.5, 0.6) is 0 Å². The van der Waals surface area contributed by atoms with Crippen LogP contribution in [-0.2, 0) is 4.79 Å². The Balaban J connectivity index is 1.69. The monoisotopic (exact) mass is 370 g/mol.